The van der Waals surface area contributed by atoms with E-state index in [2.05, 4.69) is 37.4 Å². The number of hydrogen-bond donors (Lipinski definition) is 7. The number of amides is 1. The van der Waals surface area contributed by atoms with Crippen molar-refractivity contribution in [2.24, 2.45) is 22.2 Å². The second-order valence-electron chi connectivity index (χ2n) is 8.78. The van der Waals surface area contributed by atoms with Crippen molar-refractivity contribution < 1.29 is 14.5 Å². The average molecular weight is 532 g/mol. The fourth-order valence-electron chi connectivity index (χ4n) is 4.22. The quantitative estimate of drug-likeness (QED) is 0.111. The molecule has 1 aromatic carbocycles. The van der Waals surface area contributed by atoms with Gasteiger partial charge in [-0.3, -0.25) is 31.6 Å². The minimum atomic E-state index is -0.653. The molecule has 0 bridgehead atoms. The van der Waals surface area contributed by atoms with Crippen LogP contribution in [-0.2, 0) is 19.3 Å². The zero-order chi connectivity index (χ0) is 26.8. The second kappa shape index (κ2) is 13.5. The van der Waals surface area contributed by atoms with E-state index < -0.39 is 5.91 Å². The Kier molecular flexibility index (Phi) is 10.1. The fraction of sp³-hybridized carbons (Fsp3) is 0.458. The first-order valence-electron chi connectivity index (χ1n) is 12.3. The van der Waals surface area contributed by atoms with Crippen molar-refractivity contribution in [2.45, 2.75) is 51.4 Å². The number of nitrogens with two attached hydrogens (primary N) is 5. The van der Waals surface area contributed by atoms with E-state index in [-0.39, 0.29) is 34.4 Å². The molecule has 200 valence electrons. The van der Waals surface area contributed by atoms with E-state index in [0.717, 1.165) is 44.3 Å². The Labute approximate surface area is 221 Å². The second-order valence-corrected chi connectivity index (χ2v) is 9.14. The average Bonchev–Trinajstić information content (AvgIpc) is 2.86. The lowest BCUT2D eigenvalue weighted by atomic mass is 9.86. The van der Waals surface area contributed by atoms with E-state index in [1.54, 1.807) is 0 Å². The summed E-state index contributed by atoms with van der Waals surface area (Å²) in [6.45, 7) is 1.75. The minimum absolute atomic E-state index is 0.0275. The van der Waals surface area contributed by atoms with Gasteiger partial charge in [0.15, 0.2) is 28.4 Å². The normalized spacial score (nSPS) is 13.1. The van der Waals surface area contributed by atoms with Crippen LogP contribution in [0.3, 0.4) is 0 Å². The summed E-state index contributed by atoms with van der Waals surface area (Å²) in [7, 11) is 0. The van der Waals surface area contributed by atoms with E-state index in [9.17, 15) is 4.79 Å². The molecule has 0 atom stereocenters. The predicted molar refractivity (Wildman–Crippen MR) is 145 cm³/mol. The van der Waals surface area contributed by atoms with Crippen molar-refractivity contribution in [2.75, 3.05) is 31.2 Å². The third-order valence-corrected chi connectivity index (χ3v) is 6.27. The van der Waals surface area contributed by atoms with Gasteiger partial charge in [-0.25, -0.2) is 9.97 Å². The molecule has 1 amide bonds. The van der Waals surface area contributed by atoms with Crippen LogP contribution in [0.5, 0.6) is 5.75 Å². The van der Waals surface area contributed by atoms with Crippen LogP contribution in [0, 0.1) is 0 Å². The third-order valence-electron chi connectivity index (χ3n) is 5.99. The van der Waals surface area contributed by atoms with Gasteiger partial charge in [-0.15, -0.1) is 0 Å². The number of aromatic nitrogens is 2. The van der Waals surface area contributed by atoms with Gasteiger partial charge in [-0.05, 0) is 67.7 Å². The lowest BCUT2D eigenvalue weighted by Crippen LogP contribution is -2.78. The number of nitrogens with zero attached hydrogens (tertiary/aromatic N) is 3. The van der Waals surface area contributed by atoms with Gasteiger partial charge >= 0.3 is 5.96 Å². The number of aliphatic imine (C=N–C) groups is 1. The summed E-state index contributed by atoms with van der Waals surface area (Å²) in [5.74, 6) is 0.328. The lowest BCUT2D eigenvalue weighted by Gasteiger charge is -2.23. The molecule has 0 spiro atoms. The molecule has 3 rings (SSSR count). The Balaban J connectivity index is 1.49. The molecule has 12 nitrogen and oxygen atoms in total. The Morgan fingerprint density at radius 3 is 2.57 bits per heavy atom. The van der Waals surface area contributed by atoms with E-state index in [4.69, 9.17) is 45.0 Å². The number of benzene rings is 1. The zero-order valence-corrected chi connectivity index (χ0v) is 21.6. The molecule has 12 N–H and O–H groups in total. The monoisotopic (exact) mass is 531 g/mol. The van der Waals surface area contributed by atoms with Gasteiger partial charge in [0, 0.05) is 13.0 Å². The molecule has 0 unspecified atom stereocenters. The number of hydrogen-bond acceptors (Lipinski definition) is 7. The molecule has 1 heterocycles. The first-order chi connectivity index (χ1) is 17.8. The number of anilines is 2. The van der Waals surface area contributed by atoms with Crippen LogP contribution in [0.2, 0.25) is 5.15 Å². The molecule has 0 saturated heterocycles. The highest BCUT2D eigenvalue weighted by Crippen LogP contribution is 2.33. The van der Waals surface area contributed by atoms with Crippen LogP contribution in [0.15, 0.2) is 17.1 Å². The van der Waals surface area contributed by atoms with Crippen LogP contribution in [0.25, 0.3) is 0 Å². The zero-order valence-electron chi connectivity index (χ0n) is 20.9. The first kappa shape index (κ1) is 27.8. The summed E-state index contributed by atoms with van der Waals surface area (Å²) in [4.78, 5) is 27.1. The van der Waals surface area contributed by atoms with Gasteiger partial charge in [0.05, 0.1) is 13.2 Å². The largest absolute Gasteiger partial charge is 0.493 e. The number of rotatable bonds is 11. The van der Waals surface area contributed by atoms with Crippen LogP contribution < -0.4 is 43.7 Å². The van der Waals surface area contributed by atoms with Crippen molar-refractivity contribution in [3.8, 4) is 5.75 Å². The predicted octanol–water partition coefficient (Wildman–Crippen LogP) is -0.636. The highest BCUT2D eigenvalue weighted by molar-refractivity contribution is 6.31. The van der Waals surface area contributed by atoms with Gasteiger partial charge in [-0.1, -0.05) is 17.7 Å². The van der Waals surface area contributed by atoms with Crippen LogP contribution in [0.1, 0.15) is 59.3 Å². The van der Waals surface area contributed by atoms with E-state index in [1.807, 2.05) is 0 Å². The number of fused-ring (bicyclic) bond motifs is 1. The molecule has 13 heteroatoms. The molecular weight excluding hydrogens is 496 g/mol. The maximum Gasteiger partial charge on any atom is 0.338 e. The summed E-state index contributed by atoms with van der Waals surface area (Å²) < 4.78 is 6.07. The lowest BCUT2D eigenvalue weighted by molar-refractivity contribution is -0.460. The Morgan fingerprint density at radius 2 is 1.81 bits per heavy atom. The van der Waals surface area contributed by atoms with Crippen molar-refractivity contribution >= 4 is 41.1 Å². The molecule has 0 radical (unpaired) electrons. The van der Waals surface area contributed by atoms with E-state index in [0.29, 0.717) is 19.7 Å². The van der Waals surface area contributed by atoms with Crippen molar-refractivity contribution in [3.05, 3.63) is 39.7 Å². The molecule has 1 aliphatic rings. The van der Waals surface area contributed by atoms with E-state index in [1.165, 1.54) is 29.5 Å². The number of aryl methyl sites for hydroxylation is 1. The Hall–Kier alpha value is -3.80. The number of ether oxygens (including phenoxy) is 1. The van der Waals surface area contributed by atoms with Gasteiger partial charge in [0.1, 0.15) is 5.75 Å². The third kappa shape index (κ3) is 8.10. The molecule has 0 aliphatic heterocycles. The maximum absolute atomic E-state index is 12.3. The van der Waals surface area contributed by atoms with Gasteiger partial charge in [0.2, 0.25) is 0 Å². The fourth-order valence-corrected chi connectivity index (χ4v) is 4.34. The van der Waals surface area contributed by atoms with E-state index >= 15 is 0 Å². The van der Waals surface area contributed by atoms with Crippen LogP contribution >= 0.6 is 11.6 Å². The highest BCUT2D eigenvalue weighted by Gasteiger charge is 2.18. The molecule has 1 aromatic heterocycles. The number of carbonyl (C=O) groups excluding carboxylic acids is 1. The summed E-state index contributed by atoms with van der Waals surface area (Å²) in [6, 6.07) is 4.25. The van der Waals surface area contributed by atoms with Crippen molar-refractivity contribution in [1.82, 2.24) is 15.3 Å². The molecule has 37 heavy (non-hydrogen) atoms. The number of nitrogen functional groups attached to an aromatic ring is 2. The molecule has 0 saturated carbocycles. The topological polar surface area (TPSA) is 221 Å². The van der Waals surface area contributed by atoms with Crippen LogP contribution in [-0.4, -0.2) is 47.5 Å². The number of nitrogens with one attached hydrogen (secondary N) is 2. The van der Waals surface area contributed by atoms with Crippen molar-refractivity contribution in [3.63, 3.8) is 0 Å². The summed E-state index contributed by atoms with van der Waals surface area (Å²) in [6.07, 6.45) is 7.97. The highest BCUT2D eigenvalue weighted by atomic mass is 35.5. The first-order valence-corrected chi connectivity index (χ1v) is 12.7. The standard InChI is InChI=1S/C24H35ClN10O2/c25-19-21(27)34-20(26)18(33-19)22(36)35-24(30)32-11-4-3-6-14-9-10-17(16-8-2-1-7-15(14)16)37-13-5-12-31-23(28)29/h9-10H,1-8,11-13H2,(H4,26,27,34)(H4,28,29,31)(H3,30,32,35,36)/p+1. The molecular formula is C24H36ClN10O2+. The summed E-state index contributed by atoms with van der Waals surface area (Å²) in [5.41, 5.74) is 31.8. The van der Waals surface area contributed by atoms with Crippen molar-refractivity contribution in [1.29, 1.82) is 0 Å². The SMILES string of the molecule is NC(=NCCCCc1ccc(OCCC[NH+]=C(N)N)c2c1CCCC2)NC(=O)c1nc(Cl)c(N)nc1N. The smallest absolute Gasteiger partial charge is 0.338 e. The molecule has 1 aliphatic carbocycles. The van der Waals surface area contributed by atoms with Gasteiger partial charge in [-0.2, -0.15) is 0 Å². The summed E-state index contributed by atoms with van der Waals surface area (Å²) in [5, 5.41) is 2.33. The number of halogens is 1. The summed E-state index contributed by atoms with van der Waals surface area (Å²) >= 11 is 5.82. The molecule has 0 fully saturated rings. The minimum Gasteiger partial charge on any atom is -0.493 e. The van der Waals surface area contributed by atoms with Crippen LogP contribution in [0.4, 0.5) is 11.6 Å². The molecule has 2 aromatic rings. The number of carbonyl (C=O) groups is 1. The number of guanidine groups is 2. The number of unbranched alkanes of at least 4 members (excludes halogenated alkanes) is 1. The maximum atomic E-state index is 12.3. The van der Waals surface area contributed by atoms with Gasteiger partial charge < -0.3 is 21.9 Å². The van der Waals surface area contributed by atoms with Gasteiger partial charge in [0.25, 0.3) is 5.91 Å². The Morgan fingerprint density at radius 1 is 1.05 bits per heavy atom. The Bertz CT molecular complexity index is 1160.